The van der Waals surface area contributed by atoms with Crippen molar-refractivity contribution in [1.82, 2.24) is 25.6 Å². The fraction of sp³-hybridized carbons (Fsp3) is 0.241. The number of piperidine rings is 1. The molecule has 6 rings (SSSR count). The van der Waals surface area contributed by atoms with E-state index in [9.17, 15) is 19.5 Å². The van der Waals surface area contributed by atoms with Crippen LogP contribution in [0.4, 0.5) is 10.7 Å². The van der Waals surface area contributed by atoms with E-state index in [0.29, 0.717) is 46.0 Å². The average Bonchev–Trinajstić information content (AvgIpc) is 3.55. The van der Waals surface area contributed by atoms with E-state index in [-0.39, 0.29) is 10.8 Å². The lowest BCUT2D eigenvalue weighted by molar-refractivity contribution is -0.115. The Labute approximate surface area is 239 Å². The number of hydrogen-bond donors (Lipinski definition) is 3. The van der Waals surface area contributed by atoms with Crippen LogP contribution in [0.2, 0.25) is 0 Å². The Morgan fingerprint density at radius 1 is 1.17 bits per heavy atom. The molecule has 0 unspecified atom stereocenters. The van der Waals surface area contributed by atoms with Crippen LogP contribution in [0.25, 0.3) is 28.5 Å². The van der Waals surface area contributed by atoms with Crippen LogP contribution in [-0.4, -0.2) is 56.8 Å². The highest BCUT2D eigenvalue weighted by molar-refractivity contribution is 8.18. The van der Waals surface area contributed by atoms with Crippen molar-refractivity contribution >= 4 is 51.9 Å². The number of pyridine rings is 1. The van der Waals surface area contributed by atoms with Crippen LogP contribution in [0.5, 0.6) is 0 Å². The summed E-state index contributed by atoms with van der Waals surface area (Å²) in [6.45, 7) is 2.87. The van der Waals surface area contributed by atoms with Crippen molar-refractivity contribution in [2.24, 2.45) is 5.92 Å². The lowest BCUT2D eigenvalue weighted by Gasteiger charge is -2.32. The van der Waals surface area contributed by atoms with Gasteiger partial charge >= 0.3 is 5.97 Å². The first-order valence-electron chi connectivity index (χ1n) is 13.2. The van der Waals surface area contributed by atoms with Gasteiger partial charge in [-0.15, -0.1) is 0 Å². The molecule has 0 bridgehead atoms. The number of carbonyl (C=O) groups is 3. The van der Waals surface area contributed by atoms with Crippen molar-refractivity contribution in [3.63, 3.8) is 0 Å². The van der Waals surface area contributed by atoms with Crippen molar-refractivity contribution in [2.75, 3.05) is 24.5 Å². The van der Waals surface area contributed by atoms with E-state index in [1.807, 2.05) is 30.3 Å². The van der Waals surface area contributed by atoms with Crippen LogP contribution in [-0.2, 0) is 11.3 Å². The summed E-state index contributed by atoms with van der Waals surface area (Å²) in [5, 5.41) is 16.0. The molecule has 41 heavy (non-hydrogen) atoms. The second-order valence-corrected chi connectivity index (χ2v) is 10.9. The number of aromatic nitrogens is 3. The third-order valence-corrected chi connectivity index (χ3v) is 7.89. The molecule has 208 valence electrons. The molecule has 2 saturated heterocycles. The van der Waals surface area contributed by atoms with E-state index >= 15 is 0 Å². The molecule has 2 amide bonds. The Kier molecular flexibility index (Phi) is 7.49. The van der Waals surface area contributed by atoms with Gasteiger partial charge in [0, 0.05) is 37.4 Å². The molecule has 2 aliphatic heterocycles. The molecular formula is C29H26N6O5S. The van der Waals surface area contributed by atoms with Crippen LogP contribution < -0.4 is 15.5 Å². The molecule has 0 spiro atoms. The molecule has 2 fully saturated rings. The Hall–Kier alpha value is -4.55. The normalized spacial score (nSPS) is 17.0. The van der Waals surface area contributed by atoms with Gasteiger partial charge in [0.1, 0.15) is 11.3 Å². The number of carboxylic acids is 1. The molecule has 0 radical (unpaired) electrons. The predicted octanol–water partition coefficient (Wildman–Crippen LogP) is 4.31. The number of benzene rings is 1. The first-order valence-corrected chi connectivity index (χ1v) is 14.0. The van der Waals surface area contributed by atoms with E-state index in [1.54, 1.807) is 30.6 Å². The third-order valence-electron chi connectivity index (χ3n) is 7.08. The minimum atomic E-state index is -1.05. The summed E-state index contributed by atoms with van der Waals surface area (Å²) in [6, 6.07) is 12.7. The van der Waals surface area contributed by atoms with Crippen LogP contribution in [0.15, 0.2) is 64.2 Å². The molecule has 0 saturated carbocycles. The van der Waals surface area contributed by atoms with Crippen molar-refractivity contribution in [3.8, 4) is 11.5 Å². The summed E-state index contributed by atoms with van der Waals surface area (Å²) in [5.74, 6) is 0.00762. The maximum Gasteiger partial charge on any atom is 0.338 e. The van der Waals surface area contributed by atoms with Crippen molar-refractivity contribution in [3.05, 3.63) is 76.6 Å². The lowest BCUT2D eigenvalue weighted by Crippen LogP contribution is -2.38. The summed E-state index contributed by atoms with van der Waals surface area (Å²) in [5.41, 5.74) is 2.46. The number of nitrogens with one attached hydrogen (secondary N) is 2. The number of para-hydroxylation sites is 1. The highest BCUT2D eigenvalue weighted by atomic mass is 32.2. The van der Waals surface area contributed by atoms with Gasteiger partial charge in [-0.05, 0) is 73.0 Å². The lowest BCUT2D eigenvalue weighted by atomic mass is 9.97. The van der Waals surface area contributed by atoms with Gasteiger partial charge in [0.15, 0.2) is 5.76 Å². The number of nitrogens with zero attached hydrogens (tertiary/aromatic N) is 4. The summed E-state index contributed by atoms with van der Waals surface area (Å²) < 4.78 is 5.84. The topological polar surface area (TPSA) is 151 Å². The highest BCUT2D eigenvalue weighted by Crippen LogP contribution is 2.29. The van der Waals surface area contributed by atoms with Gasteiger partial charge in [-0.3, -0.25) is 19.9 Å². The fourth-order valence-electron chi connectivity index (χ4n) is 4.97. The zero-order chi connectivity index (χ0) is 28.3. The van der Waals surface area contributed by atoms with Crippen LogP contribution in [0.3, 0.4) is 0 Å². The van der Waals surface area contributed by atoms with Gasteiger partial charge in [-0.2, -0.15) is 0 Å². The summed E-state index contributed by atoms with van der Waals surface area (Å²) in [4.78, 5) is 51.1. The maximum atomic E-state index is 12.0. The maximum absolute atomic E-state index is 12.0. The van der Waals surface area contributed by atoms with Crippen molar-refractivity contribution in [1.29, 1.82) is 0 Å². The first-order chi connectivity index (χ1) is 19.9. The van der Waals surface area contributed by atoms with E-state index in [2.05, 4.69) is 30.5 Å². The molecular weight excluding hydrogens is 544 g/mol. The number of carbonyl (C=O) groups excluding carboxylic acids is 2. The molecule has 0 atom stereocenters. The third kappa shape index (κ3) is 5.98. The number of rotatable bonds is 8. The zero-order valence-corrected chi connectivity index (χ0v) is 22.7. The molecule has 0 aliphatic carbocycles. The molecule has 12 heteroatoms. The summed E-state index contributed by atoms with van der Waals surface area (Å²) in [6.07, 6.45) is 6.82. The van der Waals surface area contributed by atoms with Crippen LogP contribution in [0, 0.1) is 5.92 Å². The minimum Gasteiger partial charge on any atom is -0.478 e. The number of hydrogen-bond acceptors (Lipinski definition) is 10. The number of anilines is 1. The Balaban J connectivity index is 1.03. The second kappa shape index (κ2) is 11.5. The quantitative estimate of drug-likeness (QED) is 0.260. The number of furan rings is 1. The average molecular weight is 571 g/mol. The minimum absolute atomic E-state index is 0.105. The molecule has 3 aromatic heterocycles. The number of thioether (sulfide) groups is 1. The van der Waals surface area contributed by atoms with Crippen molar-refractivity contribution < 1.29 is 23.9 Å². The number of aromatic carboxylic acids is 1. The standard InChI is InChI=1S/C29H26N6O5S/c36-26-24(41-29(39)34-26)13-20-5-8-31-28(33-20)35-9-6-17(7-10-35)14-30-15-18-11-21(27(37)38)25(32-16-18)23-12-19-3-1-2-4-22(19)40-23/h1-5,8,11-13,16-17,30H,6-7,9-10,14-15H2,(H,37,38)(H,34,36,39). The van der Waals surface area contributed by atoms with E-state index in [4.69, 9.17) is 4.42 Å². The Morgan fingerprint density at radius 2 is 2.00 bits per heavy atom. The van der Waals surface area contributed by atoms with Gasteiger partial charge in [0.25, 0.3) is 11.1 Å². The van der Waals surface area contributed by atoms with Gasteiger partial charge in [-0.25, -0.2) is 14.8 Å². The van der Waals surface area contributed by atoms with E-state index in [0.717, 1.165) is 55.2 Å². The molecule has 1 aromatic carbocycles. The Morgan fingerprint density at radius 3 is 2.76 bits per heavy atom. The monoisotopic (exact) mass is 570 g/mol. The molecule has 2 aliphatic rings. The molecule has 5 heterocycles. The summed E-state index contributed by atoms with van der Waals surface area (Å²) >= 11 is 0.862. The smallest absolute Gasteiger partial charge is 0.338 e. The van der Waals surface area contributed by atoms with Gasteiger partial charge in [0.05, 0.1) is 16.2 Å². The molecule has 11 nitrogen and oxygen atoms in total. The Bertz CT molecular complexity index is 1640. The van der Waals surface area contributed by atoms with E-state index < -0.39 is 11.9 Å². The molecule has 3 N–H and O–H groups in total. The summed E-state index contributed by atoms with van der Waals surface area (Å²) in [7, 11) is 0. The SMILES string of the molecule is O=C1NC(=O)C(=Cc2ccnc(N3CCC(CNCc4cnc(-c5cc6ccccc6o5)c(C(=O)O)c4)CC3)n2)S1. The predicted molar refractivity (Wildman–Crippen MR) is 154 cm³/mol. The number of amides is 2. The van der Waals surface area contributed by atoms with Crippen molar-refractivity contribution in [2.45, 2.75) is 19.4 Å². The largest absolute Gasteiger partial charge is 0.478 e. The highest BCUT2D eigenvalue weighted by Gasteiger charge is 2.26. The van der Waals surface area contributed by atoms with Crippen LogP contribution in [0.1, 0.15) is 34.5 Å². The van der Waals surface area contributed by atoms with Gasteiger partial charge in [-0.1, -0.05) is 18.2 Å². The van der Waals surface area contributed by atoms with Gasteiger partial charge < -0.3 is 19.7 Å². The van der Waals surface area contributed by atoms with E-state index in [1.165, 1.54) is 0 Å². The van der Waals surface area contributed by atoms with Crippen LogP contribution >= 0.6 is 11.8 Å². The number of carboxylic acid groups (broad SMARTS) is 1. The molecule has 4 aromatic rings. The number of fused-ring (bicyclic) bond motifs is 1. The fourth-order valence-corrected chi connectivity index (χ4v) is 5.64. The zero-order valence-electron chi connectivity index (χ0n) is 21.9. The second-order valence-electron chi connectivity index (χ2n) is 9.89. The first kappa shape index (κ1) is 26.7. The number of imide groups is 1. The van der Waals surface area contributed by atoms with Gasteiger partial charge in [0.2, 0.25) is 5.95 Å².